The number of rotatable bonds is 6. The predicted molar refractivity (Wildman–Crippen MR) is 71.9 cm³/mol. The Morgan fingerprint density at radius 3 is 2.37 bits per heavy atom. The zero-order valence-electron chi connectivity index (χ0n) is 11.4. The van der Waals surface area contributed by atoms with Crippen molar-refractivity contribution in [3.8, 4) is 5.75 Å². The Balaban J connectivity index is 2.03. The summed E-state index contributed by atoms with van der Waals surface area (Å²) in [6.45, 7) is 2.02. The number of hydrogen-bond donors (Lipinski definition) is 0. The number of hydrogen-bond acceptors (Lipinski definition) is 3. The number of Topliss-reactive ketones (excluding diaryl/α,β-unsaturated/α-hetero) is 1. The molecule has 0 heterocycles. The molecule has 0 radical (unpaired) electrons. The van der Waals surface area contributed by atoms with Crippen LogP contribution in [0.15, 0.2) is 24.3 Å². The van der Waals surface area contributed by atoms with Crippen LogP contribution in [-0.4, -0.2) is 29.7 Å². The van der Waals surface area contributed by atoms with Crippen LogP contribution in [0, 0.1) is 0 Å². The first-order valence-corrected chi connectivity index (χ1v) is 6.52. The van der Waals surface area contributed by atoms with Gasteiger partial charge in [-0.15, -0.1) is 0 Å². The quantitative estimate of drug-likeness (QED) is 0.737. The lowest BCUT2D eigenvalue weighted by atomic mass is 10.2. The Morgan fingerprint density at radius 2 is 1.89 bits per heavy atom. The molecule has 1 saturated carbocycles. The monoisotopic (exact) mass is 261 g/mol. The highest BCUT2D eigenvalue weighted by atomic mass is 16.5. The molecule has 0 unspecified atom stereocenters. The summed E-state index contributed by atoms with van der Waals surface area (Å²) < 4.78 is 5.11. The van der Waals surface area contributed by atoms with Crippen LogP contribution in [0.1, 0.15) is 31.7 Å². The van der Waals surface area contributed by atoms with Gasteiger partial charge in [0.15, 0.2) is 0 Å². The Hall–Kier alpha value is -1.84. The van der Waals surface area contributed by atoms with Gasteiger partial charge in [0.05, 0.1) is 13.5 Å². The van der Waals surface area contributed by atoms with Crippen molar-refractivity contribution in [2.75, 3.05) is 7.11 Å². The minimum absolute atomic E-state index is 0.00660. The molecule has 4 heteroatoms. The Labute approximate surface area is 113 Å². The van der Waals surface area contributed by atoms with E-state index < -0.39 is 0 Å². The fraction of sp³-hybridized carbons (Fsp3) is 0.467. The standard InChI is InChI=1S/C15H19NO3/c1-11(17)9-15(18)16(13-5-6-13)10-12-3-7-14(19-2)8-4-12/h3-4,7-8,13H,5-6,9-10H2,1-2H3. The summed E-state index contributed by atoms with van der Waals surface area (Å²) >= 11 is 0. The maximum atomic E-state index is 12.0. The Morgan fingerprint density at radius 1 is 1.26 bits per heavy atom. The van der Waals surface area contributed by atoms with Gasteiger partial charge in [-0.25, -0.2) is 0 Å². The number of ketones is 1. The normalized spacial score (nSPS) is 14.0. The molecule has 1 aliphatic rings. The maximum Gasteiger partial charge on any atom is 0.230 e. The average molecular weight is 261 g/mol. The van der Waals surface area contributed by atoms with Gasteiger partial charge in [0, 0.05) is 12.6 Å². The maximum absolute atomic E-state index is 12.0. The predicted octanol–water partition coefficient (Wildman–Crippen LogP) is 2.17. The molecule has 0 saturated heterocycles. The second-order valence-electron chi connectivity index (χ2n) is 4.98. The van der Waals surface area contributed by atoms with Crippen molar-refractivity contribution in [3.63, 3.8) is 0 Å². The summed E-state index contributed by atoms with van der Waals surface area (Å²) in [6.07, 6.45) is 2.09. The van der Waals surface area contributed by atoms with E-state index in [0.717, 1.165) is 24.2 Å². The molecule has 0 aliphatic heterocycles. The second kappa shape index (κ2) is 5.87. The number of nitrogens with zero attached hydrogens (tertiary/aromatic N) is 1. The van der Waals surface area contributed by atoms with Crippen LogP contribution in [-0.2, 0) is 16.1 Å². The average Bonchev–Trinajstić information content (AvgIpc) is 3.20. The molecule has 1 amide bonds. The zero-order chi connectivity index (χ0) is 13.8. The van der Waals surface area contributed by atoms with E-state index in [4.69, 9.17) is 4.74 Å². The van der Waals surface area contributed by atoms with Gasteiger partial charge in [-0.1, -0.05) is 12.1 Å². The van der Waals surface area contributed by atoms with Crippen molar-refractivity contribution in [3.05, 3.63) is 29.8 Å². The molecule has 0 N–H and O–H groups in total. The zero-order valence-corrected chi connectivity index (χ0v) is 11.4. The van der Waals surface area contributed by atoms with E-state index in [0.29, 0.717) is 12.6 Å². The van der Waals surface area contributed by atoms with Crippen LogP contribution >= 0.6 is 0 Å². The highest BCUT2D eigenvalue weighted by Gasteiger charge is 2.32. The summed E-state index contributed by atoms with van der Waals surface area (Å²) in [5, 5.41) is 0. The minimum Gasteiger partial charge on any atom is -0.497 e. The van der Waals surface area contributed by atoms with Crippen molar-refractivity contribution in [2.45, 2.75) is 38.8 Å². The van der Waals surface area contributed by atoms with Crippen LogP contribution in [0.5, 0.6) is 5.75 Å². The summed E-state index contributed by atoms with van der Waals surface area (Å²) in [4.78, 5) is 24.9. The summed E-state index contributed by atoms with van der Waals surface area (Å²) in [7, 11) is 1.63. The van der Waals surface area contributed by atoms with Gasteiger partial charge in [0.1, 0.15) is 11.5 Å². The van der Waals surface area contributed by atoms with Crippen molar-refractivity contribution in [1.29, 1.82) is 0 Å². The van der Waals surface area contributed by atoms with Crippen LogP contribution in [0.2, 0.25) is 0 Å². The van der Waals surface area contributed by atoms with Crippen molar-refractivity contribution in [2.24, 2.45) is 0 Å². The van der Waals surface area contributed by atoms with Crippen LogP contribution in [0.3, 0.4) is 0 Å². The van der Waals surface area contributed by atoms with Gasteiger partial charge in [-0.3, -0.25) is 9.59 Å². The number of carbonyl (C=O) groups is 2. The fourth-order valence-corrected chi connectivity index (χ4v) is 2.05. The molecule has 2 rings (SSSR count). The molecule has 0 bridgehead atoms. The van der Waals surface area contributed by atoms with E-state index in [1.165, 1.54) is 6.92 Å². The molecule has 19 heavy (non-hydrogen) atoms. The number of methoxy groups -OCH3 is 1. The van der Waals surface area contributed by atoms with Gasteiger partial charge in [0.25, 0.3) is 0 Å². The number of ether oxygens (including phenoxy) is 1. The SMILES string of the molecule is COc1ccc(CN(C(=O)CC(C)=O)C2CC2)cc1. The summed E-state index contributed by atoms with van der Waals surface area (Å²) in [5.41, 5.74) is 1.06. The largest absolute Gasteiger partial charge is 0.497 e. The minimum atomic E-state index is -0.0784. The molecule has 1 aromatic carbocycles. The summed E-state index contributed by atoms with van der Waals surface area (Å²) in [6, 6.07) is 7.99. The number of carbonyl (C=O) groups excluding carboxylic acids is 2. The fourth-order valence-electron chi connectivity index (χ4n) is 2.05. The molecule has 0 aromatic heterocycles. The smallest absolute Gasteiger partial charge is 0.230 e. The summed E-state index contributed by atoms with van der Waals surface area (Å²) in [5.74, 6) is 0.660. The third-order valence-electron chi connectivity index (χ3n) is 3.22. The lowest BCUT2D eigenvalue weighted by molar-refractivity contribution is -0.135. The van der Waals surface area contributed by atoms with E-state index in [-0.39, 0.29) is 18.1 Å². The number of amides is 1. The number of benzene rings is 1. The van der Waals surface area contributed by atoms with E-state index in [1.54, 1.807) is 7.11 Å². The Bertz CT molecular complexity index is 463. The van der Waals surface area contributed by atoms with Crippen molar-refractivity contribution in [1.82, 2.24) is 4.90 Å². The highest BCUT2D eigenvalue weighted by molar-refractivity contribution is 5.97. The molecular weight excluding hydrogens is 242 g/mol. The van der Waals surface area contributed by atoms with Crippen molar-refractivity contribution < 1.29 is 14.3 Å². The Kier molecular flexibility index (Phi) is 4.20. The van der Waals surface area contributed by atoms with Gasteiger partial charge >= 0.3 is 0 Å². The van der Waals surface area contributed by atoms with Crippen LogP contribution < -0.4 is 4.74 Å². The molecule has 0 atom stereocenters. The first-order valence-electron chi connectivity index (χ1n) is 6.52. The molecule has 102 valence electrons. The van der Waals surface area contributed by atoms with E-state index in [2.05, 4.69) is 0 Å². The topological polar surface area (TPSA) is 46.6 Å². The first-order chi connectivity index (χ1) is 9.10. The molecular formula is C15H19NO3. The molecule has 4 nitrogen and oxygen atoms in total. The van der Waals surface area contributed by atoms with Gasteiger partial charge in [-0.05, 0) is 37.5 Å². The first kappa shape index (κ1) is 13.6. The second-order valence-corrected chi connectivity index (χ2v) is 4.98. The van der Waals surface area contributed by atoms with E-state index in [1.807, 2.05) is 29.2 Å². The lowest BCUT2D eigenvalue weighted by Gasteiger charge is -2.22. The molecule has 0 spiro atoms. The van der Waals surface area contributed by atoms with Gasteiger partial charge in [0.2, 0.25) is 5.91 Å². The molecule has 1 aliphatic carbocycles. The van der Waals surface area contributed by atoms with Gasteiger partial charge < -0.3 is 9.64 Å². The van der Waals surface area contributed by atoms with E-state index in [9.17, 15) is 9.59 Å². The third-order valence-corrected chi connectivity index (χ3v) is 3.22. The lowest BCUT2D eigenvalue weighted by Crippen LogP contribution is -2.33. The van der Waals surface area contributed by atoms with Gasteiger partial charge in [-0.2, -0.15) is 0 Å². The van der Waals surface area contributed by atoms with Crippen LogP contribution in [0.4, 0.5) is 0 Å². The third kappa shape index (κ3) is 3.81. The molecule has 1 fully saturated rings. The highest BCUT2D eigenvalue weighted by Crippen LogP contribution is 2.29. The van der Waals surface area contributed by atoms with Crippen LogP contribution in [0.25, 0.3) is 0 Å². The molecule has 1 aromatic rings. The van der Waals surface area contributed by atoms with Crippen molar-refractivity contribution >= 4 is 11.7 Å². The van der Waals surface area contributed by atoms with E-state index >= 15 is 0 Å².